The summed E-state index contributed by atoms with van der Waals surface area (Å²) in [5.74, 6) is 0.446. The molecule has 0 atom stereocenters. The average Bonchev–Trinajstić information content (AvgIpc) is 2.90. The van der Waals surface area contributed by atoms with Crippen LogP contribution >= 0.6 is 0 Å². The standard InChI is InChI=1S/C27H27NO8/c1-17(29)18-9-11-22(32-2)20(13-18)15-36-27(31)19-10-12-24(25(14-19)34-4)35-16-26(30)28-21-7-5-6-8-23(21)33-3/h5-14H,15-16H2,1-4H3,(H,28,30). The van der Waals surface area contributed by atoms with E-state index in [4.69, 9.17) is 23.7 Å². The average molecular weight is 494 g/mol. The van der Waals surface area contributed by atoms with Gasteiger partial charge in [-0.05, 0) is 55.5 Å². The van der Waals surface area contributed by atoms with Crippen LogP contribution < -0.4 is 24.3 Å². The molecule has 3 aromatic rings. The number of ketones is 1. The summed E-state index contributed by atoms with van der Waals surface area (Å²) in [6.45, 7) is 1.08. The topological polar surface area (TPSA) is 109 Å². The zero-order chi connectivity index (χ0) is 26.1. The number of methoxy groups -OCH3 is 3. The van der Waals surface area contributed by atoms with Crippen LogP contribution in [0.5, 0.6) is 23.0 Å². The molecule has 3 aromatic carbocycles. The highest BCUT2D eigenvalue weighted by Crippen LogP contribution is 2.29. The lowest BCUT2D eigenvalue weighted by Crippen LogP contribution is -2.20. The first kappa shape index (κ1) is 26.1. The molecule has 0 spiro atoms. The molecule has 1 N–H and O–H groups in total. The van der Waals surface area contributed by atoms with Gasteiger partial charge in [0, 0.05) is 11.1 Å². The lowest BCUT2D eigenvalue weighted by atomic mass is 10.1. The number of esters is 1. The lowest BCUT2D eigenvalue weighted by molar-refractivity contribution is -0.118. The largest absolute Gasteiger partial charge is 0.496 e. The number of amides is 1. The minimum atomic E-state index is -0.607. The van der Waals surface area contributed by atoms with Crippen LogP contribution in [0, 0.1) is 0 Å². The maximum Gasteiger partial charge on any atom is 0.338 e. The van der Waals surface area contributed by atoms with E-state index < -0.39 is 11.9 Å². The molecular formula is C27H27NO8. The molecule has 0 radical (unpaired) electrons. The highest BCUT2D eigenvalue weighted by atomic mass is 16.5. The second-order valence-electron chi connectivity index (χ2n) is 7.56. The van der Waals surface area contributed by atoms with E-state index in [2.05, 4.69) is 5.32 Å². The molecule has 0 aliphatic carbocycles. The number of hydrogen-bond acceptors (Lipinski definition) is 8. The highest BCUT2D eigenvalue weighted by Gasteiger charge is 2.16. The Hall–Kier alpha value is -4.53. The summed E-state index contributed by atoms with van der Waals surface area (Å²) < 4.78 is 26.8. The number of ether oxygens (including phenoxy) is 5. The van der Waals surface area contributed by atoms with Gasteiger partial charge in [-0.3, -0.25) is 9.59 Å². The van der Waals surface area contributed by atoms with E-state index in [0.29, 0.717) is 28.3 Å². The van der Waals surface area contributed by atoms with Crippen LogP contribution in [0.3, 0.4) is 0 Å². The van der Waals surface area contributed by atoms with Crippen LogP contribution in [0.2, 0.25) is 0 Å². The molecule has 0 heterocycles. The molecule has 0 bridgehead atoms. The van der Waals surface area contributed by atoms with Gasteiger partial charge in [0.25, 0.3) is 5.91 Å². The third-order valence-electron chi connectivity index (χ3n) is 5.18. The van der Waals surface area contributed by atoms with Gasteiger partial charge in [-0.1, -0.05) is 12.1 Å². The number of benzene rings is 3. The molecule has 36 heavy (non-hydrogen) atoms. The molecule has 0 aliphatic rings. The molecule has 9 heteroatoms. The Kier molecular flexibility index (Phi) is 8.88. The minimum Gasteiger partial charge on any atom is -0.496 e. The minimum absolute atomic E-state index is 0.0905. The van der Waals surface area contributed by atoms with E-state index in [-0.39, 0.29) is 36.1 Å². The van der Waals surface area contributed by atoms with Crippen LogP contribution in [-0.4, -0.2) is 45.6 Å². The van der Waals surface area contributed by atoms with Crippen molar-refractivity contribution in [3.63, 3.8) is 0 Å². The van der Waals surface area contributed by atoms with Crippen molar-refractivity contribution >= 4 is 23.3 Å². The van der Waals surface area contributed by atoms with E-state index >= 15 is 0 Å². The van der Waals surface area contributed by atoms with Gasteiger partial charge in [-0.15, -0.1) is 0 Å². The third kappa shape index (κ3) is 6.53. The third-order valence-corrected chi connectivity index (χ3v) is 5.18. The molecule has 9 nitrogen and oxygen atoms in total. The predicted octanol–water partition coefficient (Wildman–Crippen LogP) is 4.29. The predicted molar refractivity (Wildman–Crippen MR) is 132 cm³/mol. The van der Waals surface area contributed by atoms with Crippen molar-refractivity contribution in [2.45, 2.75) is 13.5 Å². The Morgan fingerprint density at radius 1 is 0.750 bits per heavy atom. The van der Waals surface area contributed by atoms with E-state index in [1.54, 1.807) is 42.5 Å². The summed E-state index contributed by atoms with van der Waals surface area (Å²) >= 11 is 0. The van der Waals surface area contributed by atoms with Crippen molar-refractivity contribution in [2.24, 2.45) is 0 Å². The summed E-state index contributed by atoms with van der Waals surface area (Å²) in [7, 11) is 4.43. The first-order valence-corrected chi connectivity index (χ1v) is 10.9. The summed E-state index contributed by atoms with van der Waals surface area (Å²) in [6.07, 6.45) is 0. The van der Waals surface area contributed by atoms with Gasteiger partial charge in [0.1, 0.15) is 18.1 Å². The Morgan fingerprint density at radius 2 is 1.42 bits per heavy atom. The molecule has 0 aliphatic heterocycles. The highest BCUT2D eigenvalue weighted by molar-refractivity contribution is 5.95. The van der Waals surface area contributed by atoms with Gasteiger partial charge in [0.2, 0.25) is 0 Å². The van der Waals surface area contributed by atoms with Crippen LogP contribution in [-0.2, 0) is 16.1 Å². The van der Waals surface area contributed by atoms with Crippen molar-refractivity contribution in [1.29, 1.82) is 0 Å². The van der Waals surface area contributed by atoms with E-state index in [1.807, 2.05) is 0 Å². The van der Waals surface area contributed by atoms with Crippen LogP contribution in [0.25, 0.3) is 0 Å². The quantitative estimate of drug-likeness (QED) is 0.311. The molecule has 0 aromatic heterocycles. The fourth-order valence-corrected chi connectivity index (χ4v) is 3.33. The number of hydrogen-bond donors (Lipinski definition) is 1. The maximum atomic E-state index is 12.6. The zero-order valence-corrected chi connectivity index (χ0v) is 20.5. The SMILES string of the molecule is COc1ccc(C(C)=O)cc1COC(=O)c1ccc(OCC(=O)Nc2ccccc2OC)c(OC)c1. The molecule has 0 fully saturated rings. The maximum absolute atomic E-state index is 12.6. The Bertz CT molecular complexity index is 1250. The first-order chi connectivity index (χ1) is 17.4. The molecule has 0 saturated heterocycles. The van der Waals surface area contributed by atoms with Crippen molar-refractivity contribution in [3.05, 3.63) is 77.4 Å². The monoisotopic (exact) mass is 493 g/mol. The van der Waals surface area contributed by atoms with Gasteiger partial charge in [-0.2, -0.15) is 0 Å². The molecule has 1 amide bonds. The summed E-state index contributed by atoms with van der Waals surface area (Å²) in [4.78, 5) is 36.6. The van der Waals surface area contributed by atoms with Gasteiger partial charge < -0.3 is 29.0 Å². The first-order valence-electron chi connectivity index (χ1n) is 10.9. The van der Waals surface area contributed by atoms with E-state index in [1.165, 1.54) is 46.5 Å². The summed E-state index contributed by atoms with van der Waals surface area (Å²) in [6, 6.07) is 16.4. The zero-order valence-electron chi connectivity index (χ0n) is 20.5. The van der Waals surface area contributed by atoms with E-state index in [0.717, 1.165) is 0 Å². The Labute approximate surface area is 208 Å². The second-order valence-corrected chi connectivity index (χ2v) is 7.56. The van der Waals surface area contributed by atoms with Crippen LogP contribution in [0.15, 0.2) is 60.7 Å². The molecule has 3 rings (SSSR count). The molecule has 188 valence electrons. The molecular weight excluding hydrogens is 466 g/mol. The number of para-hydroxylation sites is 2. The fraction of sp³-hybridized carbons (Fsp3) is 0.222. The Balaban J connectivity index is 1.64. The van der Waals surface area contributed by atoms with E-state index in [9.17, 15) is 14.4 Å². The molecule has 0 saturated carbocycles. The van der Waals surface area contributed by atoms with Crippen LogP contribution in [0.4, 0.5) is 5.69 Å². The number of rotatable bonds is 11. The van der Waals surface area contributed by atoms with Crippen molar-refractivity contribution < 1.29 is 38.1 Å². The number of Topliss-reactive ketones (excluding diaryl/α,β-unsaturated/α-hetero) is 1. The molecule has 0 unspecified atom stereocenters. The van der Waals surface area contributed by atoms with Gasteiger partial charge in [0.15, 0.2) is 23.9 Å². The number of carbonyl (C=O) groups is 3. The Morgan fingerprint density at radius 3 is 2.11 bits per heavy atom. The number of anilines is 1. The lowest BCUT2D eigenvalue weighted by Gasteiger charge is -2.14. The van der Waals surface area contributed by atoms with Gasteiger partial charge >= 0.3 is 5.97 Å². The summed E-state index contributed by atoms with van der Waals surface area (Å²) in [5, 5.41) is 2.72. The fourth-order valence-electron chi connectivity index (χ4n) is 3.33. The summed E-state index contributed by atoms with van der Waals surface area (Å²) in [5.41, 5.74) is 1.79. The second kappa shape index (κ2) is 12.3. The number of nitrogens with one attached hydrogen (secondary N) is 1. The van der Waals surface area contributed by atoms with Crippen molar-refractivity contribution in [1.82, 2.24) is 0 Å². The normalized spacial score (nSPS) is 10.2. The smallest absolute Gasteiger partial charge is 0.338 e. The van der Waals surface area contributed by atoms with Crippen molar-refractivity contribution in [2.75, 3.05) is 33.3 Å². The van der Waals surface area contributed by atoms with Crippen molar-refractivity contribution in [3.8, 4) is 23.0 Å². The van der Waals surface area contributed by atoms with Gasteiger partial charge in [-0.25, -0.2) is 4.79 Å². The van der Waals surface area contributed by atoms with Crippen LogP contribution in [0.1, 0.15) is 33.2 Å². The number of carbonyl (C=O) groups excluding carboxylic acids is 3. The van der Waals surface area contributed by atoms with Gasteiger partial charge in [0.05, 0.1) is 32.6 Å².